The van der Waals surface area contributed by atoms with Crippen molar-refractivity contribution in [2.45, 2.75) is 144 Å². The summed E-state index contributed by atoms with van der Waals surface area (Å²) in [6.45, 7) is -8.27. The molecular weight excluding hydrogens is 1270 g/mol. The fourth-order valence-corrected chi connectivity index (χ4v) is 16.3. The van der Waals surface area contributed by atoms with E-state index in [-0.39, 0.29) is 52.9 Å². The summed E-state index contributed by atoms with van der Waals surface area (Å²) in [6, 6.07) is 0. The van der Waals surface area contributed by atoms with Crippen LogP contribution in [0.2, 0.25) is 0 Å². The molecule has 7 aromatic rings. The molecule has 6 saturated heterocycles. The summed E-state index contributed by atoms with van der Waals surface area (Å²) in [5.41, 5.74) is 20.7. The Hall–Kier alpha value is -5.16. The predicted molar refractivity (Wildman–Crippen MR) is 309 cm³/mol. The quantitative estimate of drug-likeness (QED) is 0.0454. The molecule has 7 aromatic heterocycles. The van der Waals surface area contributed by atoms with Crippen molar-refractivity contribution in [3.63, 3.8) is 0 Å². The second-order valence-electron chi connectivity index (χ2n) is 21.5. The number of anilines is 4. The van der Waals surface area contributed by atoms with E-state index in [1.807, 2.05) is 6.92 Å². The lowest BCUT2D eigenvalue weighted by Crippen LogP contribution is -2.51. The lowest BCUT2D eigenvalue weighted by atomic mass is 9.94. The van der Waals surface area contributed by atoms with Crippen LogP contribution in [0.5, 0.6) is 0 Å². The maximum Gasteiger partial charge on any atom is 0.351 e. The van der Waals surface area contributed by atoms with Gasteiger partial charge in [-0.05, 0) is 62.6 Å². The molecule has 0 aromatic carbocycles. The number of aliphatic hydroxyl groups excluding tert-OH is 1. The zero-order chi connectivity index (χ0) is 61.4. The molecule has 468 valence electrons. The van der Waals surface area contributed by atoms with Crippen molar-refractivity contribution in [2.24, 2.45) is 0 Å². The molecule has 5 unspecified atom stereocenters. The van der Waals surface area contributed by atoms with E-state index in [0.717, 1.165) is 4.57 Å². The number of nitrogen functional groups attached to an aromatic ring is 4. The van der Waals surface area contributed by atoms with Gasteiger partial charge < -0.3 is 93.8 Å². The van der Waals surface area contributed by atoms with E-state index in [1.165, 1.54) is 42.4 Å². The Morgan fingerprint density at radius 2 is 1.18 bits per heavy atom. The molecule has 42 heteroatoms. The summed E-state index contributed by atoms with van der Waals surface area (Å²) in [5.74, 6) is 0.0501. The zero-order valence-corrected chi connectivity index (χ0v) is 51.1. The Kier molecular flexibility index (Phi) is 15.6. The van der Waals surface area contributed by atoms with E-state index in [2.05, 4.69) is 49.8 Å². The van der Waals surface area contributed by atoms with Gasteiger partial charge in [-0.2, -0.15) is 9.97 Å². The third-order valence-electron chi connectivity index (χ3n) is 16.4. The smallest absolute Gasteiger partial charge is 0.351 e. The van der Waals surface area contributed by atoms with Crippen LogP contribution in [0.4, 0.5) is 23.4 Å². The van der Waals surface area contributed by atoms with E-state index in [9.17, 15) is 29.4 Å². The van der Waals surface area contributed by atoms with Crippen LogP contribution in [-0.2, 0) is 91.0 Å². The molecule has 0 aliphatic carbocycles. The molecule has 13 heterocycles. The third kappa shape index (κ3) is 10.7. The van der Waals surface area contributed by atoms with Crippen molar-refractivity contribution in [1.29, 1.82) is 0 Å². The highest BCUT2D eigenvalue weighted by molar-refractivity contribution is 8.07. The number of nitrogens with one attached hydrogen (secondary N) is 1. The number of nitrogens with two attached hydrogens (primary N) is 4. The van der Waals surface area contributed by atoms with Gasteiger partial charge in [-0.3, -0.25) is 32.6 Å². The van der Waals surface area contributed by atoms with E-state index in [0.29, 0.717) is 28.8 Å². The van der Waals surface area contributed by atoms with Gasteiger partial charge in [0.25, 0.3) is 5.56 Å². The Morgan fingerprint density at radius 3 is 1.83 bits per heavy atom. The first-order valence-electron chi connectivity index (χ1n) is 26.8. The summed E-state index contributed by atoms with van der Waals surface area (Å²) in [4.78, 5) is 102. The second kappa shape index (κ2) is 22.4. The second-order valence-corrected chi connectivity index (χ2v) is 29.9. The molecule has 0 radical (unpaired) electrons. The lowest BCUT2D eigenvalue weighted by molar-refractivity contribution is -0.217. The van der Waals surface area contributed by atoms with Gasteiger partial charge >= 0.3 is 25.8 Å². The minimum absolute atomic E-state index is 0.00705. The molecule has 0 saturated carbocycles. The Balaban J connectivity index is 0.750. The number of aromatic amines is 1. The van der Waals surface area contributed by atoms with Crippen LogP contribution in [0.3, 0.4) is 0 Å². The molecule has 36 nitrogen and oxygen atoms in total. The summed E-state index contributed by atoms with van der Waals surface area (Å²) >= 11 is 17.0. The highest BCUT2D eigenvalue weighted by Gasteiger charge is 2.70. The van der Waals surface area contributed by atoms with Crippen LogP contribution in [0.25, 0.3) is 33.5 Å². The molecule has 13 rings (SSSR count). The number of aromatic nitrogens is 14. The van der Waals surface area contributed by atoms with Crippen LogP contribution in [-0.4, -0.2) is 180 Å². The minimum atomic E-state index is -4.54. The Morgan fingerprint density at radius 1 is 0.655 bits per heavy atom. The number of aliphatic hydroxyl groups is 1. The first kappa shape index (κ1) is 60.7. The third-order valence-corrected chi connectivity index (χ3v) is 21.0. The number of rotatable bonds is 20. The Labute approximate surface area is 504 Å². The van der Waals surface area contributed by atoms with Crippen molar-refractivity contribution in [3.8, 4) is 0 Å². The van der Waals surface area contributed by atoms with E-state index in [4.69, 9.17) is 114 Å². The molecule has 6 fully saturated rings. The summed E-state index contributed by atoms with van der Waals surface area (Å²) < 4.78 is 81.3. The molecule has 6 aliphatic rings. The fraction of sp³-hybridized carbons (Fsp3) is 0.578. The van der Waals surface area contributed by atoms with Crippen LogP contribution < -0.4 is 34.2 Å². The average molecular weight is 1330 g/mol. The molecule has 6 aliphatic heterocycles. The van der Waals surface area contributed by atoms with Gasteiger partial charge in [-0.25, -0.2) is 39.7 Å². The number of hydrogen-bond acceptors (Lipinski definition) is 31. The molecule has 0 spiro atoms. The molecular formula is C45H57N18O18P3S3. The van der Waals surface area contributed by atoms with Crippen molar-refractivity contribution in [1.82, 2.24) is 68.1 Å². The fourth-order valence-electron chi connectivity index (χ4n) is 11.9. The highest BCUT2D eigenvalue weighted by Crippen LogP contribution is 2.61. The van der Waals surface area contributed by atoms with Gasteiger partial charge in [0.2, 0.25) is 5.95 Å². The number of nitrogens with zero attached hydrogens (tertiary/aromatic N) is 13. The SMILES string of the molecule is CC[C@H]1O[C@@H](n2cnc3c(N)ncnc32)C[C@H]1OP(O)(=S)OC[C@H]1O[C@@H](n2cnc3c(N)ncnc32)C[C@H]1OP(O)(=S)OC[C@]12O[C@@H](n3cnc4c(=O)[nH]c(N)nc43)C(O[C@H]1C)[C@H]2OP(O)(=S)OC[C@]12O[C@@H](n3cc(C)c(N)nc3=O)C(O[C@H]1C)[C@H]2O. The summed E-state index contributed by atoms with van der Waals surface area (Å²) in [7, 11) is 0. The minimum Gasteiger partial charge on any atom is -0.387 e. The molecule has 19 atom stereocenters. The number of hydrogen-bond donors (Lipinski definition) is 9. The number of imidazole rings is 3. The lowest BCUT2D eigenvalue weighted by Gasteiger charge is -2.38. The van der Waals surface area contributed by atoms with Gasteiger partial charge in [0, 0.05) is 24.6 Å². The largest absolute Gasteiger partial charge is 0.387 e. The van der Waals surface area contributed by atoms with Gasteiger partial charge in [0.15, 0.2) is 46.5 Å². The van der Waals surface area contributed by atoms with Crippen LogP contribution in [0.1, 0.15) is 70.5 Å². The monoisotopic (exact) mass is 1330 g/mol. The number of fused-ring (bicyclic) bond motifs is 7. The first-order valence-corrected chi connectivity index (χ1v) is 34.6. The van der Waals surface area contributed by atoms with Gasteiger partial charge in [0.1, 0.15) is 83.7 Å². The summed E-state index contributed by atoms with van der Waals surface area (Å²) in [6.07, 6.45) is -5.94. The van der Waals surface area contributed by atoms with Crippen molar-refractivity contribution in [3.05, 3.63) is 64.2 Å². The zero-order valence-electron chi connectivity index (χ0n) is 46.0. The van der Waals surface area contributed by atoms with Gasteiger partial charge in [-0.1, -0.05) is 6.92 Å². The standard InChI is InChI=1S/C45H57N18O18P3S3/c1-5-20-21(6-24(75-20)61-14-54-26-34(47)50-12-52-36(26)61)79-82(67,85)70-9-23-22(7-25(76-23)62-15-55-27-35(48)51-13-53-37(27)62)80-83(68,86)72-11-45-19(4)74-30(41(78-45)63-16-56-28-38(63)58-42(49)59-39(28)65)32(45)81-84(69,87)71-10-44-18(3)73-29(31(44)64)40(77-44)60-8-17(2)33(46)57-43(60)66/h8,12-16,18-25,29-32,40-41,64H,5-7,9-11H2,1-4H3,(H,67,85)(H,68,86)(H,69,87)(H2,46,57,66)(H2,47,50,52)(H2,48,51,53)(H3,49,58,59,65)/t18-,19-,20+,21+,22+,23+,24+,25+,29?,30?,31+,32+,40+,41+,44-,45-,82?,83?,84?/m0/s1. The number of H-pyrrole nitrogens is 1. The number of ether oxygens (including phenoxy) is 6. The highest BCUT2D eigenvalue weighted by atomic mass is 32.5. The maximum atomic E-state index is 13.0. The van der Waals surface area contributed by atoms with Crippen molar-refractivity contribution in [2.75, 3.05) is 42.8 Å². The molecule has 4 bridgehead atoms. The van der Waals surface area contributed by atoms with Gasteiger partial charge in [-0.15, -0.1) is 0 Å². The van der Waals surface area contributed by atoms with Crippen molar-refractivity contribution >= 4 is 112 Å². The summed E-state index contributed by atoms with van der Waals surface area (Å²) in [5, 5.41) is 11.7. The topological polar surface area (TPSA) is 481 Å². The predicted octanol–water partition coefficient (Wildman–Crippen LogP) is 0.00502. The molecule has 0 amide bonds. The maximum absolute atomic E-state index is 13.0. The van der Waals surface area contributed by atoms with Crippen molar-refractivity contribution < 1.29 is 75.4 Å². The van der Waals surface area contributed by atoms with Gasteiger partial charge in [0.05, 0.1) is 69.3 Å². The Bertz CT molecular complexity index is 4130. The first-order chi connectivity index (χ1) is 41.3. The van der Waals surface area contributed by atoms with E-state index >= 15 is 0 Å². The van der Waals surface area contributed by atoms with Crippen LogP contribution in [0.15, 0.2) is 47.4 Å². The van der Waals surface area contributed by atoms with E-state index in [1.54, 1.807) is 29.9 Å². The molecule has 87 heavy (non-hydrogen) atoms. The van der Waals surface area contributed by atoms with E-state index < -0.39 is 148 Å². The average Bonchev–Trinajstić information content (AvgIpc) is 1.57. The van der Waals surface area contributed by atoms with Crippen LogP contribution in [0, 0.1) is 6.92 Å². The molecule has 13 N–H and O–H groups in total. The number of aryl methyl sites for hydroxylation is 1. The normalized spacial score (nSPS) is 34.2. The van der Waals surface area contributed by atoms with Crippen LogP contribution >= 0.6 is 20.2 Å².